The average molecular weight is 274 g/mol. The van der Waals surface area contributed by atoms with E-state index >= 15 is 0 Å². The van der Waals surface area contributed by atoms with Crippen LogP contribution in [0.3, 0.4) is 0 Å². The minimum absolute atomic E-state index is 0.609. The highest BCUT2D eigenvalue weighted by Crippen LogP contribution is 2.72. The van der Waals surface area contributed by atoms with Gasteiger partial charge in [0.2, 0.25) is 5.95 Å². The van der Waals surface area contributed by atoms with Crippen LogP contribution in [0.2, 0.25) is 5.02 Å². The fraction of sp³-hybridized carbons (Fsp3) is 0.533. The summed E-state index contributed by atoms with van der Waals surface area (Å²) in [5.74, 6) is 4.30. The summed E-state index contributed by atoms with van der Waals surface area (Å²) < 4.78 is 2.28. The zero-order valence-corrected chi connectivity index (χ0v) is 11.3. The third kappa shape index (κ3) is 1.22. The first-order valence-corrected chi connectivity index (χ1v) is 7.55. The smallest absolute Gasteiger partial charge is 0.201 e. The second-order valence-corrected chi connectivity index (χ2v) is 6.89. The highest BCUT2D eigenvalue weighted by Gasteiger charge is 2.66. The predicted molar refractivity (Wildman–Crippen MR) is 76.0 cm³/mol. The molecule has 0 aliphatic heterocycles. The Hall–Kier alpha value is -1.22. The third-order valence-electron chi connectivity index (χ3n) is 5.67. The molecule has 3 fully saturated rings. The number of imidazole rings is 1. The molecule has 1 aromatic heterocycles. The average Bonchev–Trinajstić information content (AvgIpc) is 2.74. The Morgan fingerprint density at radius 3 is 2.68 bits per heavy atom. The van der Waals surface area contributed by atoms with Crippen LogP contribution < -0.4 is 5.73 Å². The van der Waals surface area contributed by atoms with Gasteiger partial charge in [0, 0.05) is 11.1 Å². The molecule has 4 atom stereocenters. The van der Waals surface area contributed by atoms with E-state index < -0.39 is 0 Å². The van der Waals surface area contributed by atoms with Gasteiger partial charge < -0.3 is 10.3 Å². The van der Waals surface area contributed by atoms with Crippen LogP contribution in [0, 0.1) is 23.7 Å². The van der Waals surface area contributed by atoms with Crippen LogP contribution in [0.25, 0.3) is 11.0 Å². The lowest BCUT2D eigenvalue weighted by Crippen LogP contribution is -2.08. The lowest BCUT2D eigenvalue weighted by molar-refractivity contribution is 0.456. The van der Waals surface area contributed by atoms with Crippen molar-refractivity contribution in [2.24, 2.45) is 23.7 Å². The molecule has 2 bridgehead atoms. The Morgan fingerprint density at radius 2 is 1.95 bits per heavy atom. The van der Waals surface area contributed by atoms with Crippen molar-refractivity contribution in [3.05, 3.63) is 23.2 Å². The summed E-state index contributed by atoms with van der Waals surface area (Å²) in [6.07, 6.45) is 4.32. The fourth-order valence-electron chi connectivity index (χ4n) is 5.03. The third-order valence-corrected chi connectivity index (χ3v) is 5.91. The van der Waals surface area contributed by atoms with Crippen LogP contribution in [0.1, 0.15) is 25.3 Å². The van der Waals surface area contributed by atoms with Crippen LogP contribution in [-0.2, 0) is 0 Å². The van der Waals surface area contributed by atoms with Crippen molar-refractivity contribution in [1.82, 2.24) is 9.55 Å². The molecule has 1 heterocycles. The van der Waals surface area contributed by atoms with Gasteiger partial charge in [0.15, 0.2) is 0 Å². The number of halogens is 1. The van der Waals surface area contributed by atoms with Crippen molar-refractivity contribution in [3.8, 4) is 0 Å². The molecular formula is C15H16ClN3. The van der Waals surface area contributed by atoms with E-state index in [-0.39, 0.29) is 0 Å². The molecule has 0 radical (unpaired) electrons. The van der Waals surface area contributed by atoms with E-state index in [2.05, 4.69) is 15.6 Å². The Labute approximate surface area is 116 Å². The molecule has 0 saturated heterocycles. The van der Waals surface area contributed by atoms with Crippen LogP contribution in [0.15, 0.2) is 18.2 Å². The Bertz CT molecular complexity index is 676. The van der Waals surface area contributed by atoms with Crippen molar-refractivity contribution in [2.75, 3.05) is 5.73 Å². The number of nitrogens with zero attached hydrogens (tertiary/aromatic N) is 2. The van der Waals surface area contributed by atoms with Gasteiger partial charge in [-0.25, -0.2) is 4.98 Å². The van der Waals surface area contributed by atoms with Crippen molar-refractivity contribution < 1.29 is 0 Å². The van der Waals surface area contributed by atoms with Crippen molar-refractivity contribution in [1.29, 1.82) is 0 Å². The maximum absolute atomic E-state index is 6.17. The second-order valence-electron chi connectivity index (χ2n) is 6.45. The first-order valence-electron chi connectivity index (χ1n) is 7.17. The largest absolute Gasteiger partial charge is 0.369 e. The summed E-state index contributed by atoms with van der Waals surface area (Å²) in [6.45, 7) is 0. The molecule has 0 spiro atoms. The fourth-order valence-corrected chi connectivity index (χ4v) is 5.19. The molecule has 19 heavy (non-hydrogen) atoms. The molecule has 98 valence electrons. The van der Waals surface area contributed by atoms with Crippen LogP contribution in [-0.4, -0.2) is 9.55 Å². The minimum atomic E-state index is 0.609. The van der Waals surface area contributed by atoms with E-state index in [0.29, 0.717) is 12.0 Å². The van der Waals surface area contributed by atoms with Gasteiger partial charge in [0.1, 0.15) is 0 Å². The molecule has 3 saturated carbocycles. The van der Waals surface area contributed by atoms with E-state index in [1.54, 1.807) is 0 Å². The summed E-state index contributed by atoms with van der Waals surface area (Å²) in [7, 11) is 0. The predicted octanol–water partition coefficient (Wildman–Crippen LogP) is 3.49. The maximum atomic E-state index is 6.17. The van der Waals surface area contributed by atoms with Crippen LogP contribution in [0.5, 0.6) is 0 Å². The van der Waals surface area contributed by atoms with Gasteiger partial charge in [-0.15, -0.1) is 0 Å². The van der Waals surface area contributed by atoms with Gasteiger partial charge in [-0.3, -0.25) is 0 Å². The van der Waals surface area contributed by atoms with Gasteiger partial charge >= 0.3 is 0 Å². The van der Waals surface area contributed by atoms with Gasteiger partial charge in [-0.2, -0.15) is 0 Å². The summed E-state index contributed by atoms with van der Waals surface area (Å²) >= 11 is 6.04. The quantitative estimate of drug-likeness (QED) is 0.864. The second kappa shape index (κ2) is 3.26. The Balaban J connectivity index is 1.65. The lowest BCUT2D eigenvalue weighted by Gasteiger charge is -2.12. The van der Waals surface area contributed by atoms with Gasteiger partial charge in [0.05, 0.1) is 11.0 Å². The maximum Gasteiger partial charge on any atom is 0.201 e. The zero-order chi connectivity index (χ0) is 12.7. The number of anilines is 1. The highest BCUT2D eigenvalue weighted by atomic mass is 35.5. The topological polar surface area (TPSA) is 43.8 Å². The number of hydrogen-bond acceptors (Lipinski definition) is 2. The lowest BCUT2D eigenvalue weighted by atomic mass is 10.0. The van der Waals surface area contributed by atoms with E-state index in [9.17, 15) is 0 Å². The molecule has 0 amide bonds. The van der Waals surface area contributed by atoms with E-state index in [0.717, 1.165) is 39.7 Å². The molecule has 2 aromatic rings. The number of nitrogens with two attached hydrogens (primary N) is 1. The van der Waals surface area contributed by atoms with E-state index in [1.807, 2.05) is 12.1 Å². The molecule has 5 rings (SSSR count). The number of benzene rings is 1. The molecule has 3 nitrogen and oxygen atoms in total. The normalized spacial score (nSPS) is 38.9. The molecule has 2 N–H and O–H groups in total. The van der Waals surface area contributed by atoms with Crippen molar-refractivity contribution in [2.45, 2.75) is 25.3 Å². The molecule has 4 heteroatoms. The van der Waals surface area contributed by atoms with Crippen LogP contribution in [0.4, 0.5) is 5.95 Å². The van der Waals surface area contributed by atoms with Gasteiger partial charge in [-0.05, 0) is 61.1 Å². The Kier molecular flexibility index (Phi) is 1.81. The minimum Gasteiger partial charge on any atom is -0.369 e. The van der Waals surface area contributed by atoms with Gasteiger partial charge in [0.25, 0.3) is 0 Å². The van der Waals surface area contributed by atoms with Crippen LogP contribution >= 0.6 is 11.6 Å². The summed E-state index contributed by atoms with van der Waals surface area (Å²) in [5, 5.41) is 0.730. The SMILES string of the molecule is Nc1nc2cc(Cl)ccc2n1C1C2C3CCC(C3)C21. The van der Waals surface area contributed by atoms with E-state index in [4.69, 9.17) is 17.3 Å². The first-order chi connectivity index (χ1) is 9.24. The number of nitrogen functional groups attached to an aromatic ring is 1. The molecule has 4 unspecified atom stereocenters. The molecule has 3 aliphatic rings. The molecular weight excluding hydrogens is 258 g/mol. The number of rotatable bonds is 1. The van der Waals surface area contributed by atoms with Crippen molar-refractivity contribution in [3.63, 3.8) is 0 Å². The highest BCUT2D eigenvalue weighted by molar-refractivity contribution is 6.31. The van der Waals surface area contributed by atoms with E-state index in [1.165, 1.54) is 19.3 Å². The first kappa shape index (κ1) is 10.6. The van der Waals surface area contributed by atoms with Crippen molar-refractivity contribution >= 4 is 28.6 Å². The number of aromatic nitrogens is 2. The van der Waals surface area contributed by atoms with Gasteiger partial charge in [-0.1, -0.05) is 11.6 Å². The molecule has 1 aromatic carbocycles. The number of fused-ring (bicyclic) bond motifs is 6. The molecule has 3 aliphatic carbocycles. The summed E-state index contributed by atoms with van der Waals surface area (Å²) in [4.78, 5) is 4.49. The monoisotopic (exact) mass is 273 g/mol. The summed E-state index contributed by atoms with van der Waals surface area (Å²) in [6, 6.07) is 6.53. The number of hydrogen-bond donors (Lipinski definition) is 1. The zero-order valence-electron chi connectivity index (χ0n) is 10.6. The Morgan fingerprint density at radius 1 is 1.21 bits per heavy atom. The summed E-state index contributed by atoms with van der Waals surface area (Å²) in [5.41, 5.74) is 8.25. The standard InChI is InChI=1S/C15H16ClN3/c16-9-3-4-11-10(6-9)18-15(17)19(11)14-12-7-1-2-8(5-7)13(12)14/h3-4,6-8,12-14H,1-2,5H2,(H2,17,18).